The van der Waals surface area contributed by atoms with Gasteiger partial charge in [-0.1, -0.05) is 6.07 Å². The molecular weight excluding hydrogens is 250 g/mol. The van der Waals surface area contributed by atoms with Gasteiger partial charge in [-0.3, -0.25) is 4.90 Å². The van der Waals surface area contributed by atoms with E-state index in [0.29, 0.717) is 11.8 Å². The summed E-state index contributed by atoms with van der Waals surface area (Å²) in [6, 6.07) is 8.32. The molecule has 2 N–H and O–H groups in total. The van der Waals surface area contributed by atoms with Crippen molar-refractivity contribution in [1.29, 1.82) is 0 Å². The van der Waals surface area contributed by atoms with Gasteiger partial charge in [0, 0.05) is 49.8 Å². The molecule has 0 saturated carbocycles. The first-order chi connectivity index (χ1) is 9.66. The van der Waals surface area contributed by atoms with Gasteiger partial charge in [0.25, 0.3) is 0 Å². The predicted molar refractivity (Wildman–Crippen MR) is 82.1 cm³/mol. The SMILES string of the molecule is CC(C)n1c(CN2CCNCC2)cc2c(O)cccc21. The Labute approximate surface area is 120 Å². The second-order valence-electron chi connectivity index (χ2n) is 5.84. The highest BCUT2D eigenvalue weighted by Crippen LogP contribution is 2.31. The molecule has 0 atom stereocenters. The molecule has 0 aliphatic carbocycles. The van der Waals surface area contributed by atoms with Crippen molar-refractivity contribution in [2.75, 3.05) is 26.2 Å². The zero-order valence-corrected chi connectivity index (χ0v) is 12.3. The van der Waals surface area contributed by atoms with E-state index in [0.717, 1.165) is 43.6 Å². The lowest BCUT2D eigenvalue weighted by Gasteiger charge is -2.28. The Hall–Kier alpha value is -1.52. The van der Waals surface area contributed by atoms with Gasteiger partial charge >= 0.3 is 0 Å². The quantitative estimate of drug-likeness (QED) is 0.902. The molecular formula is C16H23N3O. The molecule has 108 valence electrons. The minimum absolute atomic E-state index is 0.378. The summed E-state index contributed by atoms with van der Waals surface area (Å²) < 4.78 is 2.34. The average molecular weight is 273 g/mol. The third kappa shape index (κ3) is 2.41. The number of phenols is 1. The van der Waals surface area contributed by atoms with Crippen LogP contribution in [0.2, 0.25) is 0 Å². The van der Waals surface area contributed by atoms with Gasteiger partial charge < -0.3 is 15.0 Å². The molecule has 4 nitrogen and oxygen atoms in total. The van der Waals surface area contributed by atoms with Crippen LogP contribution in [0, 0.1) is 0 Å². The fourth-order valence-corrected chi connectivity index (χ4v) is 3.12. The van der Waals surface area contributed by atoms with Gasteiger partial charge in [0.15, 0.2) is 0 Å². The van der Waals surface area contributed by atoms with Crippen LogP contribution in [-0.2, 0) is 6.54 Å². The zero-order valence-electron chi connectivity index (χ0n) is 12.3. The fourth-order valence-electron chi connectivity index (χ4n) is 3.12. The average Bonchev–Trinajstić information content (AvgIpc) is 2.79. The molecule has 0 amide bonds. The van der Waals surface area contributed by atoms with E-state index in [-0.39, 0.29) is 0 Å². The molecule has 0 bridgehead atoms. The lowest BCUT2D eigenvalue weighted by atomic mass is 10.2. The van der Waals surface area contributed by atoms with Crippen molar-refractivity contribution in [2.45, 2.75) is 26.4 Å². The molecule has 1 aromatic heterocycles. The van der Waals surface area contributed by atoms with Crippen molar-refractivity contribution in [2.24, 2.45) is 0 Å². The summed E-state index contributed by atoms with van der Waals surface area (Å²) in [6.07, 6.45) is 0. The predicted octanol–water partition coefficient (Wildman–Crippen LogP) is 2.33. The Morgan fingerprint density at radius 1 is 1.25 bits per heavy atom. The molecule has 20 heavy (non-hydrogen) atoms. The van der Waals surface area contributed by atoms with Gasteiger partial charge in [0.1, 0.15) is 5.75 Å². The van der Waals surface area contributed by atoms with Crippen molar-refractivity contribution in [1.82, 2.24) is 14.8 Å². The number of aromatic nitrogens is 1. The highest BCUT2D eigenvalue weighted by atomic mass is 16.3. The van der Waals surface area contributed by atoms with E-state index in [9.17, 15) is 5.11 Å². The van der Waals surface area contributed by atoms with Crippen LogP contribution < -0.4 is 5.32 Å². The second-order valence-corrected chi connectivity index (χ2v) is 5.84. The Bertz CT molecular complexity index is 597. The number of fused-ring (bicyclic) bond motifs is 1. The van der Waals surface area contributed by atoms with Crippen LogP contribution in [0.15, 0.2) is 24.3 Å². The number of aromatic hydroxyl groups is 1. The number of nitrogens with one attached hydrogen (secondary N) is 1. The Kier molecular flexibility index (Phi) is 3.68. The molecule has 1 aliphatic rings. The van der Waals surface area contributed by atoms with Crippen LogP contribution in [0.5, 0.6) is 5.75 Å². The first kappa shape index (κ1) is 13.5. The molecule has 1 saturated heterocycles. The van der Waals surface area contributed by atoms with Crippen LogP contribution in [0.25, 0.3) is 10.9 Å². The van der Waals surface area contributed by atoms with Gasteiger partial charge in [-0.05, 0) is 32.0 Å². The summed E-state index contributed by atoms with van der Waals surface area (Å²) in [6.45, 7) is 9.65. The number of benzene rings is 1. The minimum Gasteiger partial charge on any atom is -0.507 e. The van der Waals surface area contributed by atoms with Crippen LogP contribution in [-0.4, -0.2) is 40.8 Å². The topological polar surface area (TPSA) is 40.4 Å². The highest BCUT2D eigenvalue weighted by Gasteiger charge is 2.17. The normalized spacial score (nSPS) is 17.1. The molecule has 0 unspecified atom stereocenters. The van der Waals surface area contributed by atoms with E-state index in [2.05, 4.69) is 40.8 Å². The van der Waals surface area contributed by atoms with Crippen molar-refractivity contribution in [3.63, 3.8) is 0 Å². The van der Waals surface area contributed by atoms with Crippen molar-refractivity contribution in [3.05, 3.63) is 30.0 Å². The van der Waals surface area contributed by atoms with E-state index in [1.54, 1.807) is 6.07 Å². The van der Waals surface area contributed by atoms with Gasteiger partial charge in [-0.15, -0.1) is 0 Å². The largest absolute Gasteiger partial charge is 0.507 e. The van der Waals surface area contributed by atoms with Gasteiger partial charge in [-0.25, -0.2) is 0 Å². The van der Waals surface area contributed by atoms with E-state index in [1.165, 1.54) is 5.69 Å². The summed E-state index contributed by atoms with van der Waals surface area (Å²) in [7, 11) is 0. The smallest absolute Gasteiger partial charge is 0.124 e. The van der Waals surface area contributed by atoms with Crippen LogP contribution >= 0.6 is 0 Å². The van der Waals surface area contributed by atoms with Gasteiger partial charge in [0.2, 0.25) is 0 Å². The fraction of sp³-hybridized carbons (Fsp3) is 0.500. The number of phenolic OH excluding ortho intramolecular Hbond substituents is 1. The lowest BCUT2D eigenvalue weighted by molar-refractivity contribution is 0.227. The van der Waals surface area contributed by atoms with Crippen LogP contribution in [0.4, 0.5) is 0 Å². The second kappa shape index (κ2) is 5.46. The third-order valence-electron chi connectivity index (χ3n) is 4.05. The Balaban J connectivity index is 2.00. The molecule has 2 aromatic rings. The maximum Gasteiger partial charge on any atom is 0.124 e. The maximum absolute atomic E-state index is 10.1. The van der Waals surface area contributed by atoms with Gasteiger partial charge in [0.05, 0.1) is 5.52 Å². The number of nitrogens with zero attached hydrogens (tertiary/aromatic N) is 2. The van der Waals surface area contributed by atoms with Crippen LogP contribution in [0.3, 0.4) is 0 Å². The Morgan fingerprint density at radius 3 is 2.70 bits per heavy atom. The first-order valence-electron chi connectivity index (χ1n) is 7.41. The summed E-state index contributed by atoms with van der Waals surface area (Å²) in [4.78, 5) is 2.47. The van der Waals surface area contributed by atoms with Crippen molar-refractivity contribution < 1.29 is 5.11 Å². The van der Waals surface area contributed by atoms with Crippen LogP contribution in [0.1, 0.15) is 25.6 Å². The number of rotatable bonds is 3. The van der Waals surface area contributed by atoms with Crippen molar-refractivity contribution >= 4 is 10.9 Å². The summed E-state index contributed by atoms with van der Waals surface area (Å²) >= 11 is 0. The minimum atomic E-state index is 0.378. The first-order valence-corrected chi connectivity index (χ1v) is 7.41. The number of hydrogen-bond acceptors (Lipinski definition) is 3. The standard InChI is InChI=1S/C16H23N3O/c1-12(2)19-13(11-18-8-6-17-7-9-18)10-14-15(19)4-3-5-16(14)20/h3-5,10,12,17,20H,6-9,11H2,1-2H3. The molecule has 4 heteroatoms. The molecule has 3 rings (SSSR count). The summed E-state index contributed by atoms with van der Waals surface area (Å²) in [5.74, 6) is 0.378. The maximum atomic E-state index is 10.1. The third-order valence-corrected chi connectivity index (χ3v) is 4.05. The molecule has 0 radical (unpaired) electrons. The Morgan fingerprint density at radius 2 is 2.00 bits per heavy atom. The molecule has 2 heterocycles. The summed E-state index contributed by atoms with van der Waals surface area (Å²) in [5, 5.41) is 14.4. The van der Waals surface area contributed by atoms with Gasteiger partial charge in [-0.2, -0.15) is 0 Å². The molecule has 1 fully saturated rings. The van der Waals surface area contributed by atoms with E-state index in [1.807, 2.05) is 6.07 Å². The number of hydrogen-bond donors (Lipinski definition) is 2. The highest BCUT2D eigenvalue weighted by molar-refractivity contribution is 5.87. The molecule has 1 aliphatic heterocycles. The van der Waals surface area contributed by atoms with Crippen molar-refractivity contribution in [3.8, 4) is 5.75 Å². The van der Waals surface area contributed by atoms with E-state index in [4.69, 9.17) is 0 Å². The number of piperazine rings is 1. The van der Waals surface area contributed by atoms with E-state index >= 15 is 0 Å². The van der Waals surface area contributed by atoms with E-state index < -0.39 is 0 Å². The monoisotopic (exact) mass is 273 g/mol. The molecule has 1 aromatic carbocycles. The molecule has 0 spiro atoms. The zero-order chi connectivity index (χ0) is 14.1. The lowest BCUT2D eigenvalue weighted by Crippen LogP contribution is -2.43. The summed E-state index contributed by atoms with van der Waals surface area (Å²) in [5.41, 5.74) is 2.42.